The van der Waals surface area contributed by atoms with Crippen molar-refractivity contribution in [2.75, 3.05) is 0 Å². The number of ether oxygens (including phenoxy) is 2. The highest BCUT2D eigenvalue weighted by Gasteiger charge is 2.17. The molecule has 5 nitrogen and oxygen atoms in total. The van der Waals surface area contributed by atoms with Crippen LogP contribution in [-0.4, -0.2) is 27.2 Å². The van der Waals surface area contributed by atoms with E-state index >= 15 is 0 Å². The molecule has 0 N–H and O–H groups in total. The molecule has 1 heterocycles. The van der Waals surface area contributed by atoms with Crippen LogP contribution in [0.1, 0.15) is 46.0 Å². The van der Waals surface area contributed by atoms with E-state index in [0.717, 1.165) is 12.8 Å². The lowest BCUT2D eigenvalue weighted by molar-refractivity contribution is 0.137. The lowest BCUT2D eigenvalue weighted by atomic mass is 9.98. The minimum absolute atomic E-state index is 0.00834. The zero-order valence-corrected chi connectivity index (χ0v) is 11.5. The third-order valence-electron chi connectivity index (χ3n) is 2.73. The van der Waals surface area contributed by atoms with E-state index in [-0.39, 0.29) is 29.5 Å². The molecule has 100 valence electrons. The van der Waals surface area contributed by atoms with Gasteiger partial charge < -0.3 is 9.47 Å². The van der Waals surface area contributed by atoms with Crippen LogP contribution in [0.2, 0.25) is 5.28 Å². The Morgan fingerprint density at radius 1 is 1.06 bits per heavy atom. The van der Waals surface area contributed by atoms with E-state index in [0.29, 0.717) is 0 Å². The molecule has 6 heteroatoms. The van der Waals surface area contributed by atoms with E-state index < -0.39 is 0 Å². The quantitative estimate of drug-likeness (QED) is 0.842. The van der Waals surface area contributed by atoms with E-state index in [4.69, 9.17) is 21.1 Å². The Labute approximate surface area is 112 Å². The maximum Gasteiger partial charge on any atom is 0.324 e. The Morgan fingerprint density at radius 2 is 1.72 bits per heavy atom. The third-order valence-corrected chi connectivity index (χ3v) is 2.90. The van der Waals surface area contributed by atoms with Crippen molar-refractivity contribution in [2.45, 2.75) is 58.2 Å². The molecule has 0 aromatic carbocycles. The van der Waals surface area contributed by atoms with Gasteiger partial charge in [-0.25, -0.2) is 0 Å². The van der Waals surface area contributed by atoms with Gasteiger partial charge in [0, 0.05) is 0 Å². The van der Waals surface area contributed by atoms with Crippen LogP contribution in [0.15, 0.2) is 0 Å². The largest absolute Gasteiger partial charge is 0.461 e. The summed E-state index contributed by atoms with van der Waals surface area (Å²) in [4.78, 5) is 12.0. The van der Waals surface area contributed by atoms with Gasteiger partial charge in [-0.05, 0) is 51.1 Å². The first-order valence-corrected chi connectivity index (χ1v) is 6.76. The highest BCUT2D eigenvalue weighted by atomic mass is 35.5. The Balaban J connectivity index is 2.04. The van der Waals surface area contributed by atoms with Crippen LogP contribution in [0, 0.1) is 0 Å². The predicted molar refractivity (Wildman–Crippen MR) is 68.1 cm³/mol. The second-order valence-corrected chi connectivity index (χ2v) is 5.05. The summed E-state index contributed by atoms with van der Waals surface area (Å²) in [5, 5.41) is 0.103. The first kappa shape index (κ1) is 13.3. The molecule has 0 radical (unpaired) electrons. The maximum absolute atomic E-state index is 5.83. The molecule has 1 aromatic heterocycles. The summed E-state index contributed by atoms with van der Waals surface area (Å²) < 4.78 is 11.1. The Kier molecular flexibility index (Phi) is 4.58. The molecule has 1 saturated carbocycles. The van der Waals surface area contributed by atoms with Crippen LogP contribution in [0.25, 0.3) is 0 Å². The fourth-order valence-corrected chi connectivity index (χ4v) is 2.11. The lowest BCUT2D eigenvalue weighted by Gasteiger charge is -2.21. The summed E-state index contributed by atoms with van der Waals surface area (Å²) in [5.74, 6) is 0. The van der Waals surface area contributed by atoms with Gasteiger partial charge in [-0.1, -0.05) is 6.42 Å². The summed E-state index contributed by atoms with van der Waals surface area (Å²) in [7, 11) is 0. The summed E-state index contributed by atoms with van der Waals surface area (Å²) in [6, 6.07) is 0.480. The summed E-state index contributed by atoms with van der Waals surface area (Å²) >= 11 is 5.83. The molecule has 0 aliphatic heterocycles. The fraction of sp³-hybridized carbons (Fsp3) is 0.750. The normalized spacial score (nSPS) is 16.9. The van der Waals surface area contributed by atoms with E-state index in [1.165, 1.54) is 19.3 Å². The second-order valence-electron chi connectivity index (χ2n) is 4.71. The van der Waals surface area contributed by atoms with Crippen molar-refractivity contribution < 1.29 is 9.47 Å². The lowest BCUT2D eigenvalue weighted by Crippen LogP contribution is -2.21. The molecule has 18 heavy (non-hydrogen) atoms. The standard InChI is InChI=1S/C12H18ClN3O2/c1-8(2)17-11-14-10(13)15-12(16-11)18-9-6-4-3-5-7-9/h8-9H,3-7H2,1-2H3. The molecule has 1 aliphatic carbocycles. The molecular formula is C12H18ClN3O2. The molecule has 0 amide bonds. The monoisotopic (exact) mass is 271 g/mol. The van der Waals surface area contributed by atoms with Crippen LogP contribution in [0.4, 0.5) is 0 Å². The van der Waals surface area contributed by atoms with E-state index in [1.807, 2.05) is 13.8 Å². The third kappa shape index (κ3) is 3.98. The fourth-order valence-electron chi connectivity index (χ4n) is 1.96. The zero-order chi connectivity index (χ0) is 13.0. The molecule has 0 unspecified atom stereocenters. The van der Waals surface area contributed by atoms with Crippen LogP contribution < -0.4 is 9.47 Å². The first-order valence-electron chi connectivity index (χ1n) is 6.38. The van der Waals surface area contributed by atoms with Crippen molar-refractivity contribution in [3.8, 4) is 12.0 Å². The topological polar surface area (TPSA) is 57.1 Å². The second kappa shape index (κ2) is 6.18. The van der Waals surface area contributed by atoms with Gasteiger partial charge in [0.1, 0.15) is 6.10 Å². The van der Waals surface area contributed by atoms with Gasteiger partial charge in [0.25, 0.3) is 0 Å². The Hall–Kier alpha value is -1.10. The number of hydrogen-bond donors (Lipinski definition) is 0. The van der Waals surface area contributed by atoms with Crippen molar-refractivity contribution in [1.29, 1.82) is 0 Å². The number of aromatic nitrogens is 3. The van der Waals surface area contributed by atoms with Gasteiger partial charge in [0.2, 0.25) is 5.28 Å². The molecule has 0 atom stereocenters. The SMILES string of the molecule is CC(C)Oc1nc(Cl)nc(OC2CCCCC2)n1. The van der Waals surface area contributed by atoms with Crippen molar-refractivity contribution >= 4 is 11.6 Å². The molecule has 1 fully saturated rings. The minimum Gasteiger partial charge on any atom is -0.461 e. The number of halogens is 1. The van der Waals surface area contributed by atoms with E-state index in [2.05, 4.69) is 15.0 Å². The smallest absolute Gasteiger partial charge is 0.324 e. The van der Waals surface area contributed by atoms with Gasteiger partial charge >= 0.3 is 12.0 Å². The summed E-state index contributed by atoms with van der Waals surface area (Å²) in [6.45, 7) is 3.80. The van der Waals surface area contributed by atoms with Crippen molar-refractivity contribution in [3.63, 3.8) is 0 Å². The van der Waals surface area contributed by atoms with E-state index in [1.54, 1.807) is 0 Å². The minimum atomic E-state index is -0.00834. The molecule has 2 rings (SSSR count). The summed E-state index contributed by atoms with van der Waals surface area (Å²) in [6.07, 6.45) is 5.93. The molecule has 0 saturated heterocycles. The molecule has 1 aromatic rings. The van der Waals surface area contributed by atoms with Crippen molar-refractivity contribution in [3.05, 3.63) is 5.28 Å². The van der Waals surface area contributed by atoms with Gasteiger partial charge in [-0.15, -0.1) is 4.98 Å². The zero-order valence-electron chi connectivity index (χ0n) is 10.7. The maximum atomic E-state index is 5.83. The van der Waals surface area contributed by atoms with Gasteiger partial charge in [0.15, 0.2) is 0 Å². The molecular weight excluding hydrogens is 254 g/mol. The average molecular weight is 272 g/mol. The number of nitrogens with zero attached hydrogens (tertiary/aromatic N) is 3. The number of rotatable bonds is 4. The molecule has 0 bridgehead atoms. The Bertz CT molecular complexity index is 395. The van der Waals surface area contributed by atoms with Gasteiger partial charge in [-0.3, -0.25) is 0 Å². The average Bonchev–Trinajstić information content (AvgIpc) is 2.28. The van der Waals surface area contributed by atoms with Gasteiger partial charge in [0.05, 0.1) is 6.10 Å². The highest BCUT2D eigenvalue weighted by Crippen LogP contribution is 2.22. The van der Waals surface area contributed by atoms with Crippen molar-refractivity contribution in [1.82, 2.24) is 15.0 Å². The first-order chi connectivity index (χ1) is 8.63. The van der Waals surface area contributed by atoms with Crippen LogP contribution in [0.3, 0.4) is 0 Å². The highest BCUT2D eigenvalue weighted by molar-refractivity contribution is 6.28. The predicted octanol–water partition coefficient (Wildman–Crippen LogP) is 3.02. The molecule has 1 aliphatic rings. The number of hydrogen-bond acceptors (Lipinski definition) is 5. The van der Waals surface area contributed by atoms with Crippen molar-refractivity contribution in [2.24, 2.45) is 0 Å². The van der Waals surface area contributed by atoms with Gasteiger partial charge in [-0.2, -0.15) is 9.97 Å². The summed E-state index contributed by atoms with van der Waals surface area (Å²) in [5.41, 5.74) is 0. The van der Waals surface area contributed by atoms with Crippen LogP contribution in [-0.2, 0) is 0 Å². The van der Waals surface area contributed by atoms with Crippen LogP contribution >= 0.6 is 11.6 Å². The molecule has 0 spiro atoms. The van der Waals surface area contributed by atoms with Crippen LogP contribution in [0.5, 0.6) is 12.0 Å². The Morgan fingerprint density at radius 3 is 2.39 bits per heavy atom. The van der Waals surface area contributed by atoms with E-state index in [9.17, 15) is 0 Å².